The van der Waals surface area contributed by atoms with E-state index in [1.165, 1.54) is 19.2 Å². The van der Waals surface area contributed by atoms with Gasteiger partial charge in [0.25, 0.3) is 5.91 Å². The Morgan fingerprint density at radius 1 is 1.45 bits per heavy atom. The first-order chi connectivity index (χ1) is 9.51. The quantitative estimate of drug-likeness (QED) is 0.783. The number of halogens is 1. The fourth-order valence-electron chi connectivity index (χ4n) is 1.87. The van der Waals surface area contributed by atoms with Gasteiger partial charge < -0.3 is 10.1 Å². The Morgan fingerprint density at radius 2 is 2.20 bits per heavy atom. The molecule has 1 aromatic rings. The van der Waals surface area contributed by atoms with E-state index in [2.05, 4.69) is 10.6 Å². The van der Waals surface area contributed by atoms with E-state index in [9.17, 15) is 18.8 Å². The molecular formula is C13H13FN2O4. The summed E-state index contributed by atoms with van der Waals surface area (Å²) in [5, 5.41) is 4.51. The van der Waals surface area contributed by atoms with Crippen LogP contribution in [0.4, 0.5) is 4.39 Å². The summed E-state index contributed by atoms with van der Waals surface area (Å²) < 4.78 is 18.5. The number of hydrogen-bond acceptors (Lipinski definition) is 4. The van der Waals surface area contributed by atoms with E-state index in [-0.39, 0.29) is 24.3 Å². The maximum absolute atomic E-state index is 13.6. The Morgan fingerprint density at radius 3 is 2.85 bits per heavy atom. The number of imide groups is 1. The molecule has 1 fully saturated rings. The van der Waals surface area contributed by atoms with E-state index >= 15 is 0 Å². The van der Waals surface area contributed by atoms with Crippen LogP contribution in [0.15, 0.2) is 18.2 Å². The average molecular weight is 280 g/mol. The number of rotatable bonds is 3. The largest absolute Gasteiger partial charge is 0.497 e. The number of carbonyl (C=O) groups is 3. The zero-order chi connectivity index (χ0) is 14.7. The van der Waals surface area contributed by atoms with E-state index in [4.69, 9.17) is 4.74 Å². The van der Waals surface area contributed by atoms with Crippen molar-refractivity contribution in [2.24, 2.45) is 0 Å². The molecule has 7 heteroatoms. The molecule has 2 rings (SSSR count). The smallest absolute Gasteiger partial charge is 0.255 e. The van der Waals surface area contributed by atoms with Crippen molar-refractivity contribution in [3.05, 3.63) is 29.6 Å². The second kappa shape index (κ2) is 5.68. The summed E-state index contributed by atoms with van der Waals surface area (Å²) in [6, 6.07) is 2.90. The van der Waals surface area contributed by atoms with Crippen LogP contribution in [0.2, 0.25) is 0 Å². The molecule has 106 valence electrons. The highest BCUT2D eigenvalue weighted by Crippen LogP contribution is 2.17. The highest BCUT2D eigenvalue weighted by molar-refractivity contribution is 6.03. The topological polar surface area (TPSA) is 84.5 Å². The third-order valence-corrected chi connectivity index (χ3v) is 2.96. The van der Waals surface area contributed by atoms with Crippen molar-refractivity contribution in [3.8, 4) is 5.75 Å². The number of nitrogens with one attached hydrogen (secondary N) is 2. The van der Waals surface area contributed by atoms with Gasteiger partial charge in [0.15, 0.2) is 0 Å². The van der Waals surface area contributed by atoms with Crippen molar-refractivity contribution in [3.63, 3.8) is 0 Å². The zero-order valence-electron chi connectivity index (χ0n) is 10.7. The molecule has 0 spiro atoms. The molecule has 1 heterocycles. The van der Waals surface area contributed by atoms with Crippen LogP contribution in [0.3, 0.4) is 0 Å². The molecule has 0 saturated carbocycles. The fraction of sp³-hybridized carbons (Fsp3) is 0.308. The van der Waals surface area contributed by atoms with Crippen LogP contribution in [-0.2, 0) is 9.59 Å². The van der Waals surface area contributed by atoms with Crippen LogP contribution in [0.1, 0.15) is 23.2 Å². The first kappa shape index (κ1) is 14.0. The monoisotopic (exact) mass is 280 g/mol. The molecule has 1 aliphatic rings. The summed E-state index contributed by atoms with van der Waals surface area (Å²) in [6.07, 6.45) is 0.333. The second-order valence-corrected chi connectivity index (χ2v) is 4.32. The molecule has 6 nitrogen and oxygen atoms in total. The lowest BCUT2D eigenvalue weighted by Gasteiger charge is -2.21. The minimum absolute atomic E-state index is 0.136. The Balaban J connectivity index is 2.12. The van der Waals surface area contributed by atoms with Crippen molar-refractivity contribution in [2.75, 3.05) is 7.11 Å². The predicted molar refractivity (Wildman–Crippen MR) is 66.6 cm³/mol. The van der Waals surface area contributed by atoms with E-state index in [1.54, 1.807) is 0 Å². The van der Waals surface area contributed by atoms with Gasteiger partial charge in [-0.3, -0.25) is 19.7 Å². The van der Waals surface area contributed by atoms with Gasteiger partial charge in [0.1, 0.15) is 17.6 Å². The number of benzene rings is 1. The van der Waals surface area contributed by atoms with Crippen LogP contribution < -0.4 is 15.4 Å². The normalized spacial score (nSPS) is 18.4. The summed E-state index contributed by atoms with van der Waals surface area (Å²) in [5.41, 5.74) is -0.214. The average Bonchev–Trinajstić information content (AvgIpc) is 2.42. The van der Waals surface area contributed by atoms with E-state index in [1.807, 2.05) is 0 Å². The number of piperidine rings is 1. The second-order valence-electron chi connectivity index (χ2n) is 4.32. The van der Waals surface area contributed by atoms with Crippen molar-refractivity contribution in [1.29, 1.82) is 0 Å². The first-order valence-electron chi connectivity index (χ1n) is 5.99. The molecule has 1 aliphatic heterocycles. The molecule has 2 N–H and O–H groups in total. The van der Waals surface area contributed by atoms with Crippen molar-refractivity contribution >= 4 is 17.7 Å². The highest BCUT2D eigenvalue weighted by Gasteiger charge is 2.28. The van der Waals surface area contributed by atoms with E-state index < -0.39 is 23.7 Å². The Hall–Kier alpha value is -2.44. The molecule has 1 unspecified atom stereocenters. The predicted octanol–water partition coefficient (Wildman–Crippen LogP) is 0.369. The van der Waals surface area contributed by atoms with Gasteiger partial charge in [0.05, 0.1) is 12.7 Å². The Bertz CT molecular complexity index is 573. The van der Waals surface area contributed by atoms with Gasteiger partial charge in [-0.2, -0.15) is 0 Å². The molecule has 20 heavy (non-hydrogen) atoms. The van der Waals surface area contributed by atoms with E-state index in [0.29, 0.717) is 5.75 Å². The first-order valence-corrected chi connectivity index (χ1v) is 5.99. The SMILES string of the molecule is COc1ccc(F)c(C(=O)NC2CCC(=O)NC2=O)c1. The number of amides is 3. The fourth-order valence-corrected chi connectivity index (χ4v) is 1.87. The maximum Gasteiger partial charge on any atom is 0.255 e. The summed E-state index contributed by atoms with van der Waals surface area (Å²) in [4.78, 5) is 34.5. The van der Waals surface area contributed by atoms with Crippen LogP contribution in [0.25, 0.3) is 0 Å². The molecule has 0 aliphatic carbocycles. The molecule has 0 aromatic heterocycles. The number of carbonyl (C=O) groups excluding carboxylic acids is 3. The molecule has 0 bridgehead atoms. The summed E-state index contributed by atoms with van der Waals surface area (Å²) >= 11 is 0. The van der Waals surface area contributed by atoms with Crippen LogP contribution in [-0.4, -0.2) is 30.9 Å². The molecular weight excluding hydrogens is 267 g/mol. The van der Waals surface area contributed by atoms with Gasteiger partial charge in [0, 0.05) is 6.42 Å². The molecule has 1 saturated heterocycles. The van der Waals surface area contributed by atoms with Crippen LogP contribution in [0, 0.1) is 5.82 Å². The van der Waals surface area contributed by atoms with E-state index in [0.717, 1.165) is 6.07 Å². The molecule has 0 radical (unpaired) electrons. The van der Waals surface area contributed by atoms with Gasteiger partial charge in [-0.25, -0.2) is 4.39 Å². The van der Waals surface area contributed by atoms with Gasteiger partial charge in [0.2, 0.25) is 11.8 Å². The van der Waals surface area contributed by atoms with Crippen molar-refractivity contribution < 1.29 is 23.5 Å². The third kappa shape index (κ3) is 2.93. The van der Waals surface area contributed by atoms with Gasteiger partial charge in [-0.1, -0.05) is 0 Å². The lowest BCUT2D eigenvalue weighted by Crippen LogP contribution is -2.52. The van der Waals surface area contributed by atoms with Crippen LogP contribution >= 0.6 is 0 Å². The Labute approximate surface area is 114 Å². The maximum atomic E-state index is 13.6. The van der Waals surface area contributed by atoms with Gasteiger partial charge in [-0.15, -0.1) is 0 Å². The minimum Gasteiger partial charge on any atom is -0.497 e. The van der Waals surface area contributed by atoms with Crippen molar-refractivity contribution in [1.82, 2.24) is 10.6 Å². The number of hydrogen-bond donors (Lipinski definition) is 2. The molecule has 1 aromatic carbocycles. The summed E-state index contributed by atoms with van der Waals surface area (Å²) in [5.74, 6) is -2.07. The third-order valence-electron chi connectivity index (χ3n) is 2.96. The minimum atomic E-state index is -0.842. The summed E-state index contributed by atoms with van der Waals surface area (Å²) in [6.45, 7) is 0. The summed E-state index contributed by atoms with van der Waals surface area (Å²) in [7, 11) is 1.40. The van der Waals surface area contributed by atoms with Gasteiger partial charge >= 0.3 is 0 Å². The number of ether oxygens (including phenoxy) is 1. The van der Waals surface area contributed by atoms with Gasteiger partial charge in [-0.05, 0) is 24.6 Å². The lowest BCUT2D eigenvalue weighted by atomic mass is 10.1. The zero-order valence-corrected chi connectivity index (χ0v) is 10.7. The highest BCUT2D eigenvalue weighted by atomic mass is 19.1. The molecule has 1 atom stereocenters. The lowest BCUT2D eigenvalue weighted by molar-refractivity contribution is -0.134. The Kier molecular flexibility index (Phi) is 3.97. The molecule has 3 amide bonds. The van der Waals surface area contributed by atoms with Crippen LogP contribution in [0.5, 0.6) is 5.75 Å². The number of methoxy groups -OCH3 is 1. The van der Waals surface area contributed by atoms with Crippen molar-refractivity contribution in [2.45, 2.75) is 18.9 Å². The standard InChI is InChI=1S/C13H13FN2O4/c1-20-7-2-3-9(14)8(6-7)12(18)15-10-4-5-11(17)16-13(10)19/h2-3,6,10H,4-5H2,1H3,(H,15,18)(H,16,17,19).